The van der Waals surface area contributed by atoms with Crippen LogP contribution in [0.4, 0.5) is 10.5 Å². The molecule has 8 heteroatoms. The number of nitrogens with zero attached hydrogens (tertiary/aromatic N) is 1. The fourth-order valence-corrected chi connectivity index (χ4v) is 2.92. The van der Waals surface area contributed by atoms with Gasteiger partial charge in [-0.3, -0.25) is 10.1 Å². The molecule has 1 aromatic carbocycles. The molecule has 7 nitrogen and oxygen atoms in total. The number of thiophene rings is 1. The normalized spacial score (nSPS) is 17.0. The number of ether oxygens (including phenoxy) is 1. The molecule has 1 aromatic heterocycles. The number of hydrogen-bond acceptors (Lipinski definition) is 6. The Balaban J connectivity index is 1.79. The lowest BCUT2D eigenvalue weighted by molar-refractivity contribution is -0.121. The predicted octanol–water partition coefficient (Wildman–Crippen LogP) is 2.92. The Morgan fingerprint density at radius 1 is 1.46 bits per heavy atom. The average molecular weight is 345 g/mol. The Bertz CT molecular complexity index is 802. The molecule has 0 radical (unpaired) electrons. The van der Waals surface area contributed by atoms with Gasteiger partial charge in [0.15, 0.2) is 5.06 Å². The van der Waals surface area contributed by atoms with E-state index in [4.69, 9.17) is 4.74 Å². The zero-order valence-electron chi connectivity index (χ0n) is 12.8. The second-order valence-electron chi connectivity index (χ2n) is 5.32. The lowest BCUT2D eigenvalue weighted by atomic mass is 9.94. The zero-order chi connectivity index (χ0) is 17.1. The van der Waals surface area contributed by atoms with Crippen LogP contribution >= 0.6 is 11.3 Å². The molecule has 0 saturated heterocycles. The maximum Gasteiger partial charge on any atom is 0.418 e. The minimum atomic E-state index is -0.697. The number of aromatic hydroxyl groups is 1. The first-order valence-electron chi connectivity index (χ1n) is 7.25. The lowest BCUT2D eigenvalue weighted by Gasteiger charge is -2.19. The standard InChI is InChI=1S/C16H15N3O4S/c1-9-7-13(21)18-19-15(9)10-4-5-12(20)11(8-10)17-16(22)23-14-3-2-6-24-14/h2-6,8-9,20H,7H2,1H3,(H,17,22)(H,18,21). The minimum absolute atomic E-state index is 0.0609. The van der Waals surface area contributed by atoms with Crippen LogP contribution in [0.3, 0.4) is 0 Å². The molecule has 3 N–H and O–H groups in total. The molecule has 124 valence electrons. The van der Waals surface area contributed by atoms with Gasteiger partial charge >= 0.3 is 6.09 Å². The Hall–Kier alpha value is -2.87. The molecule has 1 aliphatic heterocycles. The van der Waals surface area contributed by atoms with Crippen molar-refractivity contribution in [1.29, 1.82) is 0 Å². The van der Waals surface area contributed by atoms with E-state index in [1.165, 1.54) is 17.4 Å². The van der Waals surface area contributed by atoms with Gasteiger partial charge in [0.2, 0.25) is 5.91 Å². The van der Waals surface area contributed by atoms with Crippen molar-refractivity contribution in [3.63, 3.8) is 0 Å². The van der Waals surface area contributed by atoms with Gasteiger partial charge in [0.05, 0.1) is 11.4 Å². The number of benzene rings is 1. The van der Waals surface area contributed by atoms with Crippen molar-refractivity contribution < 1.29 is 19.4 Å². The summed E-state index contributed by atoms with van der Waals surface area (Å²) in [5.41, 5.74) is 4.04. The number of rotatable bonds is 3. The molecular weight excluding hydrogens is 330 g/mol. The highest BCUT2D eigenvalue weighted by molar-refractivity contribution is 7.11. The molecule has 2 amide bonds. The van der Waals surface area contributed by atoms with E-state index >= 15 is 0 Å². The number of anilines is 1. The van der Waals surface area contributed by atoms with Gasteiger partial charge in [-0.05, 0) is 35.7 Å². The van der Waals surface area contributed by atoms with Crippen LogP contribution in [0.5, 0.6) is 10.8 Å². The van der Waals surface area contributed by atoms with Crippen molar-refractivity contribution in [2.75, 3.05) is 5.32 Å². The predicted molar refractivity (Wildman–Crippen MR) is 90.5 cm³/mol. The topological polar surface area (TPSA) is 100 Å². The van der Waals surface area contributed by atoms with Crippen LogP contribution in [0.15, 0.2) is 40.8 Å². The van der Waals surface area contributed by atoms with Crippen LogP contribution in [0.2, 0.25) is 0 Å². The van der Waals surface area contributed by atoms with Gasteiger partial charge in [-0.15, -0.1) is 11.3 Å². The van der Waals surface area contributed by atoms with E-state index < -0.39 is 6.09 Å². The van der Waals surface area contributed by atoms with Gasteiger partial charge in [-0.2, -0.15) is 5.10 Å². The molecule has 0 fully saturated rings. The molecule has 1 aliphatic rings. The molecule has 1 unspecified atom stereocenters. The summed E-state index contributed by atoms with van der Waals surface area (Å²) in [4.78, 5) is 23.2. The molecule has 2 heterocycles. The first-order valence-corrected chi connectivity index (χ1v) is 8.13. The van der Waals surface area contributed by atoms with Gasteiger partial charge in [-0.25, -0.2) is 10.2 Å². The number of hydrazone groups is 1. The smallest absolute Gasteiger partial charge is 0.418 e. The maximum atomic E-state index is 11.9. The summed E-state index contributed by atoms with van der Waals surface area (Å²) in [6.45, 7) is 1.89. The van der Waals surface area contributed by atoms with Gasteiger partial charge < -0.3 is 9.84 Å². The summed E-state index contributed by atoms with van der Waals surface area (Å²) in [7, 11) is 0. The van der Waals surface area contributed by atoms with E-state index in [1.54, 1.807) is 29.6 Å². The van der Waals surface area contributed by atoms with Crippen LogP contribution in [0, 0.1) is 5.92 Å². The summed E-state index contributed by atoms with van der Waals surface area (Å²) < 4.78 is 5.10. The fraction of sp³-hybridized carbons (Fsp3) is 0.188. The van der Waals surface area contributed by atoms with E-state index in [0.29, 0.717) is 22.8 Å². The Labute approximate surface area is 142 Å². The number of carbonyl (C=O) groups is 2. The van der Waals surface area contributed by atoms with Crippen LogP contribution < -0.4 is 15.5 Å². The van der Waals surface area contributed by atoms with Gasteiger partial charge in [0.25, 0.3) is 0 Å². The summed E-state index contributed by atoms with van der Waals surface area (Å²) in [6, 6.07) is 8.17. The highest BCUT2D eigenvalue weighted by Crippen LogP contribution is 2.27. The summed E-state index contributed by atoms with van der Waals surface area (Å²) >= 11 is 1.29. The van der Waals surface area contributed by atoms with Gasteiger partial charge in [0, 0.05) is 17.9 Å². The molecule has 3 rings (SSSR count). The van der Waals surface area contributed by atoms with E-state index in [1.807, 2.05) is 6.92 Å². The van der Waals surface area contributed by atoms with Crippen LogP contribution in [0.1, 0.15) is 18.9 Å². The van der Waals surface area contributed by atoms with E-state index in [0.717, 1.165) is 0 Å². The number of nitrogens with one attached hydrogen (secondary N) is 2. The second-order valence-corrected chi connectivity index (χ2v) is 6.23. The molecule has 2 aromatic rings. The first-order chi connectivity index (χ1) is 11.5. The van der Waals surface area contributed by atoms with Crippen LogP contribution in [-0.4, -0.2) is 22.8 Å². The Kier molecular flexibility index (Phi) is 4.48. The molecule has 0 bridgehead atoms. The van der Waals surface area contributed by atoms with Crippen LogP contribution in [-0.2, 0) is 4.79 Å². The van der Waals surface area contributed by atoms with Crippen molar-refractivity contribution in [3.8, 4) is 10.8 Å². The fourth-order valence-electron chi connectivity index (χ4n) is 2.35. The second kappa shape index (κ2) is 6.71. The average Bonchev–Trinajstić information content (AvgIpc) is 3.02. The summed E-state index contributed by atoms with van der Waals surface area (Å²) in [5.74, 6) is -0.285. The number of carbonyl (C=O) groups excluding carboxylic acids is 2. The molecular formula is C16H15N3O4S. The third kappa shape index (κ3) is 3.54. The molecule has 1 atom stereocenters. The van der Waals surface area contributed by atoms with Crippen molar-refractivity contribution >= 4 is 34.7 Å². The Morgan fingerprint density at radius 2 is 2.29 bits per heavy atom. The van der Waals surface area contributed by atoms with Crippen LogP contribution in [0.25, 0.3) is 0 Å². The number of amides is 2. The molecule has 0 spiro atoms. The highest BCUT2D eigenvalue weighted by atomic mass is 32.1. The van der Waals surface area contributed by atoms with E-state index in [2.05, 4.69) is 15.8 Å². The monoisotopic (exact) mass is 345 g/mol. The Morgan fingerprint density at radius 3 is 3.00 bits per heavy atom. The minimum Gasteiger partial charge on any atom is -0.506 e. The third-order valence-electron chi connectivity index (χ3n) is 3.48. The summed E-state index contributed by atoms with van der Waals surface area (Å²) in [5, 5.41) is 18.8. The van der Waals surface area contributed by atoms with Crippen molar-refractivity contribution in [1.82, 2.24) is 5.43 Å². The van der Waals surface area contributed by atoms with Gasteiger partial charge in [-0.1, -0.05) is 6.92 Å². The van der Waals surface area contributed by atoms with Crippen molar-refractivity contribution in [3.05, 3.63) is 41.3 Å². The number of hydrogen-bond donors (Lipinski definition) is 3. The van der Waals surface area contributed by atoms with Crippen molar-refractivity contribution in [2.45, 2.75) is 13.3 Å². The third-order valence-corrected chi connectivity index (χ3v) is 4.22. The first kappa shape index (κ1) is 16.0. The lowest BCUT2D eigenvalue weighted by Crippen LogP contribution is -2.32. The molecule has 24 heavy (non-hydrogen) atoms. The van der Waals surface area contributed by atoms with Gasteiger partial charge in [0.1, 0.15) is 5.75 Å². The van der Waals surface area contributed by atoms with E-state index in [-0.39, 0.29) is 23.3 Å². The zero-order valence-corrected chi connectivity index (χ0v) is 13.6. The molecule has 0 saturated carbocycles. The number of phenolic OH excluding ortho intramolecular Hbond substituents is 1. The quantitative estimate of drug-likeness (QED) is 0.745. The maximum absolute atomic E-state index is 11.9. The van der Waals surface area contributed by atoms with Crippen molar-refractivity contribution in [2.24, 2.45) is 11.0 Å². The summed E-state index contributed by atoms with van der Waals surface area (Å²) in [6.07, 6.45) is -0.361. The SMILES string of the molecule is CC1CC(=O)NN=C1c1ccc(O)c(NC(=O)Oc2cccs2)c1. The van der Waals surface area contributed by atoms with E-state index in [9.17, 15) is 14.7 Å². The number of phenols is 1. The highest BCUT2D eigenvalue weighted by Gasteiger charge is 2.22. The largest absolute Gasteiger partial charge is 0.506 e. The molecule has 0 aliphatic carbocycles.